The van der Waals surface area contributed by atoms with Gasteiger partial charge in [-0.15, -0.1) is 0 Å². The normalized spacial score (nSPS) is 24.2. The van der Waals surface area contributed by atoms with Crippen LogP contribution in [-0.2, 0) is 0 Å². The minimum absolute atomic E-state index is 0.00977. The summed E-state index contributed by atoms with van der Waals surface area (Å²) in [5.41, 5.74) is 6.88. The lowest BCUT2D eigenvalue weighted by atomic mass is 9.94. The van der Waals surface area contributed by atoms with E-state index in [-0.39, 0.29) is 24.8 Å². The third-order valence-corrected chi connectivity index (χ3v) is 4.20. The first-order chi connectivity index (χ1) is 8.37. The Morgan fingerprint density at radius 1 is 1.33 bits per heavy atom. The minimum Gasteiger partial charge on any atom is -0.324 e. The lowest BCUT2D eigenvalue weighted by Gasteiger charge is -2.17. The molecule has 2 rings (SSSR count). The SMILES string of the molecule is NC(CC1CCC(F)(F)C1)c1ccc(Cl)c(Cl)c1. The zero-order valence-corrected chi connectivity index (χ0v) is 11.3. The molecule has 0 aromatic heterocycles. The molecule has 1 fully saturated rings. The third-order valence-electron chi connectivity index (χ3n) is 3.46. The molecule has 0 heterocycles. The summed E-state index contributed by atoms with van der Waals surface area (Å²) in [4.78, 5) is 0. The lowest BCUT2D eigenvalue weighted by Crippen LogP contribution is -2.16. The second kappa shape index (κ2) is 5.32. The summed E-state index contributed by atoms with van der Waals surface area (Å²) < 4.78 is 26.2. The maximum absolute atomic E-state index is 13.1. The van der Waals surface area contributed by atoms with Gasteiger partial charge >= 0.3 is 0 Å². The average molecular weight is 294 g/mol. The molecule has 2 atom stereocenters. The zero-order valence-electron chi connectivity index (χ0n) is 9.80. The van der Waals surface area contributed by atoms with Gasteiger partial charge in [-0.3, -0.25) is 0 Å². The van der Waals surface area contributed by atoms with Crippen molar-refractivity contribution in [3.63, 3.8) is 0 Å². The Kier molecular flexibility index (Phi) is 4.15. The minimum atomic E-state index is -2.51. The highest BCUT2D eigenvalue weighted by atomic mass is 35.5. The van der Waals surface area contributed by atoms with E-state index >= 15 is 0 Å². The maximum atomic E-state index is 13.1. The van der Waals surface area contributed by atoms with Crippen LogP contribution in [0.4, 0.5) is 8.78 Å². The molecule has 0 saturated heterocycles. The molecule has 1 aromatic rings. The van der Waals surface area contributed by atoms with Crippen LogP contribution >= 0.6 is 23.2 Å². The highest BCUT2D eigenvalue weighted by Crippen LogP contribution is 2.42. The van der Waals surface area contributed by atoms with Crippen molar-refractivity contribution in [1.29, 1.82) is 0 Å². The van der Waals surface area contributed by atoms with E-state index in [4.69, 9.17) is 28.9 Å². The van der Waals surface area contributed by atoms with Crippen LogP contribution in [0.25, 0.3) is 0 Å². The number of hydrogen-bond donors (Lipinski definition) is 1. The first-order valence-electron chi connectivity index (χ1n) is 5.96. The topological polar surface area (TPSA) is 26.0 Å². The molecule has 1 saturated carbocycles. The van der Waals surface area contributed by atoms with Gasteiger partial charge in [-0.25, -0.2) is 8.78 Å². The second-order valence-electron chi connectivity index (χ2n) is 4.98. The van der Waals surface area contributed by atoms with E-state index in [1.807, 2.05) is 0 Å². The van der Waals surface area contributed by atoms with Crippen molar-refractivity contribution in [2.45, 2.75) is 37.6 Å². The molecule has 1 nitrogen and oxygen atoms in total. The predicted molar refractivity (Wildman–Crippen MR) is 70.3 cm³/mol. The molecule has 0 radical (unpaired) electrons. The number of halogens is 4. The fourth-order valence-corrected chi connectivity index (χ4v) is 2.79. The van der Waals surface area contributed by atoms with E-state index in [1.165, 1.54) is 0 Å². The van der Waals surface area contributed by atoms with Crippen LogP contribution in [0.1, 0.15) is 37.3 Å². The number of alkyl halides is 2. The Morgan fingerprint density at radius 3 is 2.61 bits per heavy atom. The smallest absolute Gasteiger partial charge is 0.248 e. The lowest BCUT2D eigenvalue weighted by molar-refractivity contribution is 0.00446. The van der Waals surface area contributed by atoms with E-state index in [9.17, 15) is 8.78 Å². The summed E-state index contributed by atoms with van der Waals surface area (Å²) in [6, 6.07) is 4.93. The van der Waals surface area contributed by atoms with Gasteiger partial charge in [-0.2, -0.15) is 0 Å². The van der Waals surface area contributed by atoms with Crippen LogP contribution < -0.4 is 5.73 Å². The largest absolute Gasteiger partial charge is 0.324 e. The Morgan fingerprint density at radius 2 is 2.06 bits per heavy atom. The van der Waals surface area contributed by atoms with Gasteiger partial charge in [-0.05, 0) is 36.5 Å². The molecule has 18 heavy (non-hydrogen) atoms. The van der Waals surface area contributed by atoms with Crippen LogP contribution in [0, 0.1) is 5.92 Å². The predicted octanol–water partition coefficient (Wildman–Crippen LogP) is 4.82. The van der Waals surface area contributed by atoms with Crippen molar-refractivity contribution in [3.05, 3.63) is 33.8 Å². The molecule has 100 valence electrons. The molecular formula is C13H15Cl2F2N. The van der Waals surface area contributed by atoms with E-state index in [1.54, 1.807) is 18.2 Å². The van der Waals surface area contributed by atoms with Crippen molar-refractivity contribution in [3.8, 4) is 0 Å². The van der Waals surface area contributed by atoms with Gasteiger partial charge in [0, 0.05) is 18.9 Å². The van der Waals surface area contributed by atoms with Gasteiger partial charge in [0.2, 0.25) is 5.92 Å². The Balaban J connectivity index is 1.99. The quantitative estimate of drug-likeness (QED) is 0.850. The third kappa shape index (κ3) is 3.34. The molecule has 0 aliphatic heterocycles. The number of nitrogens with two attached hydrogens (primary N) is 1. The molecule has 5 heteroatoms. The molecule has 2 N–H and O–H groups in total. The van der Waals surface area contributed by atoms with Crippen molar-refractivity contribution in [2.75, 3.05) is 0 Å². The van der Waals surface area contributed by atoms with Crippen molar-refractivity contribution < 1.29 is 8.78 Å². The standard InChI is InChI=1S/C13H15Cl2F2N/c14-10-2-1-9(6-11(10)15)12(18)5-8-3-4-13(16,17)7-8/h1-2,6,8,12H,3-5,7,18H2. The molecule has 0 amide bonds. The Hall–Kier alpha value is -0.380. The van der Waals surface area contributed by atoms with Gasteiger partial charge in [0.15, 0.2) is 0 Å². The van der Waals surface area contributed by atoms with Crippen molar-refractivity contribution >= 4 is 23.2 Å². The van der Waals surface area contributed by atoms with E-state index in [0.717, 1.165) is 5.56 Å². The zero-order chi connectivity index (χ0) is 13.3. The summed E-state index contributed by atoms with van der Waals surface area (Å²) in [6.07, 6.45) is 1.03. The van der Waals surface area contributed by atoms with Gasteiger partial charge < -0.3 is 5.73 Å². The molecular weight excluding hydrogens is 279 g/mol. The monoisotopic (exact) mass is 293 g/mol. The van der Waals surface area contributed by atoms with Crippen LogP contribution in [0.15, 0.2) is 18.2 Å². The van der Waals surface area contributed by atoms with Gasteiger partial charge in [-0.1, -0.05) is 29.3 Å². The fraction of sp³-hybridized carbons (Fsp3) is 0.538. The first-order valence-corrected chi connectivity index (χ1v) is 6.71. The van der Waals surface area contributed by atoms with Crippen LogP contribution in [0.2, 0.25) is 10.0 Å². The fourth-order valence-electron chi connectivity index (χ4n) is 2.48. The van der Waals surface area contributed by atoms with E-state index in [0.29, 0.717) is 22.9 Å². The maximum Gasteiger partial charge on any atom is 0.248 e. The summed E-state index contributed by atoms with van der Waals surface area (Å²) in [5, 5.41) is 0.918. The summed E-state index contributed by atoms with van der Waals surface area (Å²) in [6.45, 7) is 0. The molecule has 1 aromatic carbocycles. The highest BCUT2D eigenvalue weighted by molar-refractivity contribution is 6.42. The Bertz CT molecular complexity index is 437. The first kappa shape index (κ1) is 14.0. The molecule has 1 aliphatic carbocycles. The van der Waals surface area contributed by atoms with Gasteiger partial charge in [0.1, 0.15) is 0 Å². The summed E-state index contributed by atoms with van der Waals surface area (Å²) in [5.74, 6) is -2.52. The summed E-state index contributed by atoms with van der Waals surface area (Å²) in [7, 11) is 0. The van der Waals surface area contributed by atoms with Crippen molar-refractivity contribution in [1.82, 2.24) is 0 Å². The average Bonchev–Trinajstić information content (AvgIpc) is 2.62. The molecule has 0 spiro atoms. The van der Waals surface area contributed by atoms with Crippen LogP contribution in [0.5, 0.6) is 0 Å². The highest BCUT2D eigenvalue weighted by Gasteiger charge is 2.39. The van der Waals surface area contributed by atoms with Crippen molar-refractivity contribution in [2.24, 2.45) is 11.7 Å². The second-order valence-corrected chi connectivity index (χ2v) is 5.79. The number of hydrogen-bond acceptors (Lipinski definition) is 1. The number of rotatable bonds is 3. The Labute approximate surface area is 115 Å². The molecule has 1 aliphatic rings. The molecule has 2 unspecified atom stereocenters. The molecule has 0 bridgehead atoms. The van der Waals surface area contributed by atoms with Crippen LogP contribution in [-0.4, -0.2) is 5.92 Å². The van der Waals surface area contributed by atoms with E-state index < -0.39 is 5.92 Å². The van der Waals surface area contributed by atoms with E-state index in [2.05, 4.69) is 0 Å². The van der Waals surface area contributed by atoms with Gasteiger partial charge in [0.05, 0.1) is 10.0 Å². The van der Waals surface area contributed by atoms with Gasteiger partial charge in [0.25, 0.3) is 0 Å². The van der Waals surface area contributed by atoms with Crippen LogP contribution in [0.3, 0.4) is 0 Å². The number of benzene rings is 1. The summed E-state index contributed by atoms with van der Waals surface area (Å²) >= 11 is 11.7.